The molecule has 5 nitrogen and oxygen atoms in total. The molecule has 2 N–H and O–H groups in total. The predicted octanol–water partition coefficient (Wildman–Crippen LogP) is 4.13. The molecule has 0 spiro atoms. The average molecular weight is 591 g/mol. The summed E-state index contributed by atoms with van der Waals surface area (Å²) in [5.74, 6) is -0.980. The number of halogens is 1. The van der Waals surface area contributed by atoms with E-state index in [0.29, 0.717) is 30.8 Å². The molecule has 1 unspecified atom stereocenters. The summed E-state index contributed by atoms with van der Waals surface area (Å²) in [6.45, 7) is 4.57. The van der Waals surface area contributed by atoms with Gasteiger partial charge in [0, 0.05) is 11.9 Å². The van der Waals surface area contributed by atoms with Crippen LogP contribution in [0.2, 0.25) is 0 Å². The van der Waals surface area contributed by atoms with Crippen LogP contribution in [0.5, 0.6) is 0 Å². The van der Waals surface area contributed by atoms with Crippen molar-refractivity contribution in [2.24, 2.45) is 0 Å². The zero-order chi connectivity index (χ0) is 18.1. The first-order chi connectivity index (χ1) is 11.4. The Bertz CT molecular complexity index is 515. The molecule has 0 aliphatic heterocycles. The monoisotopic (exact) mass is 591 g/mol. The van der Waals surface area contributed by atoms with E-state index in [0.717, 1.165) is 12.8 Å². The van der Waals surface area contributed by atoms with E-state index in [1.165, 1.54) is 0 Å². The van der Waals surface area contributed by atoms with Crippen molar-refractivity contribution in [3.8, 4) is 0 Å². The summed E-state index contributed by atoms with van der Waals surface area (Å²) < 4.78 is 12.7. The minimum atomic E-state index is -0.805. The number of aliphatic hydroxyl groups is 1. The van der Waals surface area contributed by atoms with E-state index in [4.69, 9.17) is 0 Å². The number of alkyl halides is 1. The smallest absolute Gasteiger partial charge is 0.662 e. The standard InChI is InChI=1S/C18H28FN2O3.CH3.U/c1-4-12(3)21-18(24)15(16(22)14-8-6-7-9-14)17(23)20-11-13(5-2)10-19;;/h5,12H,4,6-11H2,1-3H3,(H3,20,21,22,23,24);1H3;/q2*-1;+3/p-1/b13-5+;;. The van der Waals surface area contributed by atoms with E-state index in [9.17, 15) is 19.1 Å². The van der Waals surface area contributed by atoms with E-state index < -0.39 is 18.5 Å². The molecule has 7 heteroatoms. The Morgan fingerprint density at radius 1 is 1.35 bits per heavy atom. The number of amides is 2. The molecule has 0 saturated heterocycles. The van der Waals surface area contributed by atoms with Crippen molar-refractivity contribution in [2.75, 3.05) is 13.2 Å². The normalized spacial score (nSPS) is 16.0. The topological polar surface area (TPSA) is 80.5 Å². The number of nitrogens with zero attached hydrogens (tertiary/aromatic N) is 1. The van der Waals surface area contributed by atoms with Crippen LogP contribution in [0.3, 0.4) is 0 Å². The number of carbonyl (C=O) groups is 2. The predicted molar refractivity (Wildman–Crippen MR) is 98.6 cm³/mol. The van der Waals surface area contributed by atoms with Gasteiger partial charge in [0.1, 0.15) is 6.67 Å². The molecule has 1 fully saturated rings. The zero-order valence-corrected chi connectivity index (χ0v) is 20.4. The zero-order valence-electron chi connectivity index (χ0n) is 16.2. The van der Waals surface area contributed by atoms with Crippen molar-refractivity contribution in [3.05, 3.63) is 41.6 Å². The quantitative estimate of drug-likeness (QED) is 0.111. The Balaban J connectivity index is 0. The van der Waals surface area contributed by atoms with Gasteiger partial charge in [0.2, 0.25) is 0 Å². The van der Waals surface area contributed by atoms with Gasteiger partial charge in [-0.3, -0.25) is 4.79 Å². The van der Waals surface area contributed by atoms with Crippen LogP contribution < -0.4 is 5.32 Å². The molecule has 1 aliphatic carbocycles. The summed E-state index contributed by atoms with van der Waals surface area (Å²) in [5, 5.41) is 16.9. The van der Waals surface area contributed by atoms with Crippen molar-refractivity contribution in [1.82, 2.24) is 5.32 Å². The summed E-state index contributed by atoms with van der Waals surface area (Å²) in [5.41, 5.74) is 0.0274. The number of rotatable bonds is 8. The van der Waals surface area contributed by atoms with E-state index in [1.54, 1.807) is 13.0 Å². The maximum atomic E-state index is 12.7. The number of allylic oxidation sites excluding steroid dienone is 2. The fourth-order valence-corrected chi connectivity index (χ4v) is 2.38. The molecule has 0 heterocycles. The summed E-state index contributed by atoms with van der Waals surface area (Å²) in [6.07, 6.45) is 5.44. The van der Waals surface area contributed by atoms with Gasteiger partial charge in [-0.2, -0.15) is 5.92 Å². The Labute approximate surface area is 180 Å². The first kappa shape index (κ1) is 27.3. The van der Waals surface area contributed by atoms with E-state index in [1.807, 2.05) is 13.8 Å². The summed E-state index contributed by atoms with van der Waals surface area (Å²) >= 11 is 0. The van der Waals surface area contributed by atoms with Crippen molar-refractivity contribution in [2.45, 2.75) is 58.9 Å². The molecule has 0 aromatic carbocycles. The van der Waals surface area contributed by atoms with Crippen molar-refractivity contribution < 1.29 is 50.2 Å². The largest absolute Gasteiger partial charge is 3.00 e. The molecule has 0 aromatic rings. The molecule has 26 heavy (non-hydrogen) atoms. The molecular formula is C19H30FN2O3U. The first-order valence-corrected chi connectivity index (χ1v) is 8.45. The molecule has 1 atom stereocenters. The van der Waals surface area contributed by atoms with Gasteiger partial charge in [-0.05, 0) is 31.6 Å². The Kier molecular flexibility index (Phi) is 14.9. The summed E-state index contributed by atoms with van der Waals surface area (Å²) in [7, 11) is 0. The van der Waals surface area contributed by atoms with Gasteiger partial charge in [0.15, 0.2) is 5.91 Å². The Morgan fingerprint density at radius 3 is 2.38 bits per heavy atom. The van der Waals surface area contributed by atoms with Gasteiger partial charge in [-0.25, -0.2) is 4.39 Å². The second-order valence-corrected chi connectivity index (χ2v) is 6.02. The van der Waals surface area contributed by atoms with Gasteiger partial charge < -0.3 is 28.0 Å². The van der Waals surface area contributed by atoms with Gasteiger partial charge in [-0.15, -0.1) is 6.54 Å². The van der Waals surface area contributed by atoms with Crippen molar-refractivity contribution in [3.63, 3.8) is 0 Å². The van der Waals surface area contributed by atoms with Gasteiger partial charge in [-0.1, -0.05) is 44.3 Å². The third kappa shape index (κ3) is 8.18. The second kappa shape index (κ2) is 14.2. The fourth-order valence-electron chi connectivity index (χ4n) is 2.38. The van der Waals surface area contributed by atoms with Gasteiger partial charge in [0.05, 0.1) is 0 Å². The van der Waals surface area contributed by atoms with Crippen molar-refractivity contribution in [1.29, 1.82) is 0 Å². The molecular weight excluding hydrogens is 561 g/mol. The third-order valence-corrected chi connectivity index (χ3v) is 4.22. The fraction of sp³-hybridized carbons (Fsp3) is 0.579. The van der Waals surface area contributed by atoms with Crippen LogP contribution >= 0.6 is 0 Å². The molecule has 0 bridgehead atoms. The van der Waals surface area contributed by atoms with Crippen LogP contribution in [0.1, 0.15) is 52.9 Å². The first-order valence-electron chi connectivity index (χ1n) is 8.45. The van der Waals surface area contributed by atoms with Crippen LogP contribution in [0.15, 0.2) is 23.0 Å². The minimum absolute atomic E-state index is 0. The molecule has 2 amide bonds. The van der Waals surface area contributed by atoms with Crippen molar-refractivity contribution >= 4 is 11.8 Å². The van der Waals surface area contributed by atoms with Crippen LogP contribution in [-0.4, -0.2) is 36.2 Å². The molecule has 1 rings (SSSR count). The molecule has 145 valence electrons. The second-order valence-electron chi connectivity index (χ2n) is 6.02. The number of hydrogen-bond donors (Lipinski definition) is 2. The van der Waals surface area contributed by atoms with Gasteiger partial charge in [0.25, 0.3) is 0 Å². The number of aliphatic hydroxyl groups excluding tert-OH is 1. The summed E-state index contributed by atoms with van der Waals surface area (Å²) in [4.78, 5) is 24.8. The maximum absolute atomic E-state index is 12.7. The number of nitrogens with one attached hydrogen (secondary N) is 1. The molecule has 0 aromatic heterocycles. The Hall–Kier alpha value is -0.928. The van der Waals surface area contributed by atoms with Crippen LogP contribution in [0.25, 0.3) is 5.32 Å². The van der Waals surface area contributed by atoms with E-state index >= 15 is 0 Å². The minimum Gasteiger partial charge on any atom is -0.662 e. The van der Waals surface area contributed by atoms with Crippen LogP contribution in [0.4, 0.5) is 4.39 Å². The SMILES string of the molecule is C/C=C(\CF)C[N-]C(=O)C(C(=O)NC(C)CC)=C(O)[C-]1CCCC1.[CH3-].[U+3]. The average Bonchev–Trinajstić information content (AvgIpc) is 3.10. The number of carbonyl (C=O) groups excluding carboxylic acids is 2. The molecule has 1 radical (unpaired) electrons. The van der Waals surface area contributed by atoms with Gasteiger partial charge >= 0.3 is 31.1 Å². The molecule has 1 aliphatic rings. The maximum Gasteiger partial charge on any atom is 3.00 e. The van der Waals surface area contributed by atoms with E-state index in [2.05, 4.69) is 10.6 Å². The third-order valence-electron chi connectivity index (χ3n) is 4.22. The Morgan fingerprint density at radius 2 is 1.92 bits per heavy atom. The number of hydrogen-bond acceptors (Lipinski definition) is 3. The van der Waals surface area contributed by atoms with E-state index in [-0.39, 0.29) is 62.5 Å². The van der Waals surface area contributed by atoms with Crippen LogP contribution in [-0.2, 0) is 9.59 Å². The van der Waals surface area contributed by atoms with Crippen LogP contribution in [0, 0.1) is 44.5 Å². The molecule has 1 saturated carbocycles. The summed E-state index contributed by atoms with van der Waals surface area (Å²) in [6, 6.07) is -0.126.